The monoisotopic (exact) mass is 422 g/mol. The molecule has 0 aliphatic carbocycles. The van der Waals surface area contributed by atoms with Crippen LogP contribution in [0.25, 0.3) is 10.8 Å². The van der Waals surface area contributed by atoms with Gasteiger partial charge in [-0.05, 0) is 66.6 Å². The van der Waals surface area contributed by atoms with E-state index in [0.29, 0.717) is 5.69 Å². The summed E-state index contributed by atoms with van der Waals surface area (Å²) in [5.41, 5.74) is 4.54. The molecule has 31 heavy (non-hydrogen) atoms. The molecule has 0 saturated carbocycles. The molecule has 0 unspecified atom stereocenters. The summed E-state index contributed by atoms with van der Waals surface area (Å²) in [6.07, 6.45) is -0.586. The molecule has 0 saturated heterocycles. The molecule has 3 rings (SSSR count). The third-order valence-corrected chi connectivity index (χ3v) is 5.29. The Morgan fingerprint density at radius 3 is 2.13 bits per heavy atom. The molecular formula is C24H28N3O4+. The van der Waals surface area contributed by atoms with Crippen LogP contribution in [0.3, 0.4) is 0 Å². The molecule has 0 heterocycles. The fourth-order valence-corrected chi connectivity index (χ4v) is 3.41. The lowest BCUT2D eigenvalue weighted by atomic mass is 10.0. The van der Waals surface area contributed by atoms with Crippen molar-refractivity contribution < 1.29 is 24.4 Å². The summed E-state index contributed by atoms with van der Waals surface area (Å²) >= 11 is 0. The topological polar surface area (TPSA) is 92.1 Å². The standard InChI is InChI=1S/C24H27N3O4/c1-3-27(4-2)15-17-5-7-21-14-18(6-8-20(21)13-17)16-31-24(29)25-22-11-9-19(10-12-22)23(28)26-30/h5-14,30H,3-4,15-16H2,1-2H3,(H,25,29)(H,26,28)/p+1. The Bertz CT molecular complexity index is 1050. The van der Waals surface area contributed by atoms with Crippen molar-refractivity contribution in [3.8, 4) is 0 Å². The third-order valence-electron chi connectivity index (χ3n) is 5.29. The van der Waals surface area contributed by atoms with Crippen molar-refractivity contribution in [2.75, 3.05) is 18.4 Å². The highest BCUT2D eigenvalue weighted by molar-refractivity contribution is 5.94. The second-order valence-electron chi connectivity index (χ2n) is 7.37. The number of benzene rings is 3. The Balaban J connectivity index is 1.57. The normalized spacial score (nSPS) is 10.8. The van der Waals surface area contributed by atoms with Crippen LogP contribution in [0.5, 0.6) is 0 Å². The first-order valence-electron chi connectivity index (χ1n) is 10.4. The van der Waals surface area contributed by atoms with Crippen molar-refractivity contribution in [1.82, 2.24) is 5.48 Å². The highest BCUT2D eigenvalue weighted by Gasteiger charge is 2.08. The lowest BCUT2D eigenvalue weighted by Crippen LogP contribution is -3.10. The van der Waals surface area contributed by atoms with Gasteiger partial charge < -0.3 is 9.64 Å². The van der Waals surface area contributed by atoms with Crippen LogP contribution in [0, 0.1) is 0 Å². The highest BCUT2D eigenvalue weighted by Crippen LogP contribution is 2.19. The van der Waals surface area contributed by atoms with Crippen LogP contribution in [-0.2, 0) is 17.9 Å². The van der Waals surface area contributed by atoms with E-state index in [1.807, 2.05) is 12.1 Å². The Morgan fingerprint density at radius 2 is 1.52 bits per heavy atom. The van der Waals surface area contributed by atoms with E-state index < -0.39 is 12.0 Å². The number of rotatable bonds is 8. The SMILES string of the molecule is CC[NH+](CC)Cc1ccc2cc(COC(=O)Nc3ccc(C(=O)NO)cc3)ccc2c1. The molecule has 7 heteroatoms. The number of hydrogen-bond donors (Lipinski definition) is 4. The van der Waals surface area contributed by atoms with Crippen LogP contribution < -0.4 is 15.7 Å². The maximum atomic E-state index is 12.1. The minimum Gasteiger partial charge on any atom is -0.444 e. The molecule has 0 radical (unpaired) electrons. The van der Waals surface area contributed by atoms with E-state index in [0.717, 1.165) is 30.6 Å². The molecule has 0 bridgehead atoms. The molecule has 162 valence electrons. The Kier molecular flexibility index (Phi) is 7.59. The van der Waals surface area contributed by atoms with Crippen molar-refractivity contribution in [1.29, 1.82) is 0 Å². The molecule has 3 aromatic rings. The van der Waals surface area contributed by atoms with Gasteiger partial charge in [-0.1, -0.05) is 24.3 Å². The van der Waals surface area contributed by atoms with Gasteiger partial charge in [-0.15, -0.1) is 0 Å². The van der Waals surface area contributed by atoms with E-state index in [-0.39, 0.29) is 12.2 Å². The number of fused-ring (bicyclic) bond motifs is 1. The summed E-state index contributed by atoms with van der Waals surface area (Å²) in [6, 6.07) is 18.6. The Morgan fingerprint density at radius 1 is 0.903 bits per heavy atom. The van der Waals surface area contributed by atoms with E-state index in [4.69, 9.17) is 9.94 Å². The number of quaternary nitrogens is 1. The number of nitrogens with one attached hydrogen (secondary N) is 3. The number of ether oxygens (including phenoxy) is 1. The van der Waals surface area contributed by atoms with Crippen molar-refractivity contribution in [3.05, 3.63) is 77.4 Å². The molecule has 3 aromatic carbocycles. The molecular weight excluding hydrogens is 394 g/mol. The molecule has 0 aromatic heterocycles. The number of carbonyl (C=O) groups excluding carboxylic acids is 2. The maximum absolute atomic E-state index is 12.1. The minimum atomic E-state index is -0.619. The fourth-order valence-electron chi connectivity index (χ4n) is 3.41. The van der Waals surface area contributed by atoms with Gasteiger partial charge in [-0.2, -0.15) is 0 Å². The van der Waals surface area contributed by atoms with E-state index in [1.54, 1.807) is 22.5 Å². The number of hydroxylamine groups is 1. The first-order valence-corrected chi connectivity index (χ1v) is 10.4. The van der Waals surface area contributed by atoms with Crippen molar-refractivity contribution >= 4 is 28.5 Å². The number of amides is 2. The van der Waals surface area contributed by atoms with Gasteiger partial charge in [0.15, 0.2) is 0 Å². The quantitative estimate of drug-likeness (QED) is 0.332. The van der Waals surface area contributed by atoms with Crippen LogP contribution in [0.15, 0.2) is 60.7 Å². The lowest BCUT2D eigenvalue weighted by Gasteiger charge is -2.15. The van der Waals surface area contributed by atoms with Gasteiger partial charge in [0.1, 0.15) is 13.2 Å². The second-order valence-corrected chi connectivity index (χ2v) is 7.37. The van der Waals surface area contributed by atoms with E-state index in [9.17, 15) is 9.59 Å². The van der Waals surface area contributed by atoms with Crippen LogP contribution >= 0.6 is 0 Å². The zero-order valence-corrected chi connectivity index (χ0v) is 17.8. The summed E-state index contributed by atoms with van der Waals surface area (Å²) < 4.78 is 5.31. The molecule has 4 N–H and O–H groups in total. The third kappa shape index (κ3) is 6.04. The van der Waals surface area contributed by atoms with E-state index in [2.05, 4.69) is 43.4 Å². The van der Waals surface area contributed by atoms with Gasteiger partial charge in [0.2, 0.25) is 0 Å². The van der Waals surface area contributed by atoms with Gasteiger partial charge in [-0.3, -0.25) is 15.3 Å². The molecule has 0 atom stereocenters. The van der Waals surface area contributed by atoms with Gasteiger partial charge in [0, 0.05) is 16.8 Å². The highest BCUT2D eigenvalue weighted by atomic mass is 16.5. The number of anilines is 1. The van der Waals surface area contributed by atoms with Crippen LogP contribution in [0.4, 0.5) is 10.5 Å². The van der Waals surface area contributed by atoms with Gasteiger partial charge in [-0.25, -0.2) is 10.3 Å². The maximum Gasteiger partial charge on any atom is 0.411 e. The van der Waals surface area contributed by atoms with Crippen LogP contribution in [0.1, 0.15) is 35.3 Å². The van der Waals surface area contributed by atoms with Crippen molar-refractivity contribution in [2.45, 2.75) is 27.0 Å². The van der Waals surface area contributed by atoms with Crippen molar-refractivity contribution in [3.63, 3.8) is 0 Å². The summed E-state index contributed by atoms with van der Waals surface area (Å²) in [5, 5.41) is 13.5. The molecule has 0 aliphatic heterocycles. The molecule has 7 nitrogen and oxygen atoms in total. The largest absolute Gasteiger partial charge is 0.444 e. The first kappa shape index (κ1) is 22.3. The fraction of sp³-hybridized carbons (Fsp3) is 0.250. The summed E-state index contributed by atoms with van der Waals surface area (Å²) in [7, 11) is 0. The summed E-state index contributed by atoms with van der Waals surface area (Å²) in [5.74, 6) is -0.619. The average molecular weight is 423 g/mol. The summed E-state index contributed by atoms with van der Waals surface area (Å²) in [6.45, 7) is 7.78. The first-order chi connectivity index (χ1) is 15.0. The van der Waals surface area contributed by atoms with Crippen LogP contribution in [0.2, 0.25) is 0 Å². The number of hydrogen-bond acceptors (Lipinski definition) is 4. The van der Waals surface area contributed by atoms with Gasteiger partial charge >= 0.3 is 6.09 Å². The minimum absolute atomic E-state index is 0.151. The van der Waals surface area contributed by atoms with Crippen LogP contribution in [-0.4, -0.2) is 30.3 Å². The van der Waals surface area contributed by atoms with Crippen molar-refractivity contribution in [2.24, 2.45) is 0 Å². The van der Waals surface area contributed by atoms with E-state index in [1.165, 1.54) is 23.1 Å². The zero-order valence-electron chi connectivity index (χ0n) is 17.8. The smallest absolute Gasteiger partial charge is 0.411 e. The Hall–Kier alpha value is -3.42. The zero-order chi connectivity index (χ0) is 22.2. The molecule has 0 spiro atoms. The Labute approximate surface area is 181 Å². The van der Waals surface area contributed by atoms with Gasteiger partial charge in [0.05, 0.1) is 13.1 Å². The molecule has 0 fully saturated rings. The number of carbonyl (C=O) groups is 2. The predicted molar refractivity (Wildman–Crippen MR) is 119 cm³/mol. The summed E-state index contributed by atoms with van der Waals surface area (Å²) in [4.78, 5) is 24.9. The van der Waals surface area contributed by atoms with Gasteiger partial charge in [0.25, 0.3) is 5.91 Å². The second kappa shape index (κ2) is 10.6. The molecule has 2 amide bonds. The van der Waals surface area contributed by atoms with E-state index >= 15 is 0 Å². The average Bonchev–Trinajstić information content (AvgIpc) is 2.81. The predicted octanol–water partition coefficient (Wildman–Crippen LogP) is 3.13. The lowest BCUT2D eigenvalue weighted by molar-refractivity contribution is -0.910. The molecule has 0 aliphatic rings.